The van der Waals surface area contributed by atoms with Gasteiger partial charge in [0.05, 0.1) is 16.5 Å². The van der Waals surface area contributed by atoms with Gasteiger partial charge in [0.25, 0.3) is 17.4 Å². The molecule has 1 N–H and O–H groups in total. The number of unbranched alkanes of at least 4 members (excludes halogenated alkanes) is 13. The second-order valence-corrected chi connectivity index (χ2v) is 11.4. The lowest BCUT2D eigenvalue weighted by molar-refractivity contribution is -0.384. The molecule has 0 spiro atoms. The summed E-state index contributed by atoms with van der Waals surface area (Å²) in [6.45, 7) is 2.61. The Morgan fingerprint density at radius 1 is 0.805 bits per heavy atom. The predicted octanol–water partition coefficient (Wildman–Crippen LogP) is 9.15. The van der Waals surface area contributed by atoms with Crippen molar-refractivity contribution in [1.29, 1.82) is 0 Å². The normalized spacial score (nSPS) is 16.4. The number of likely N-dealkylation sites (tertiary alicyclic amines) is 1. The molecule has 1 aliphatic heterocycles. The maximum Gasteiger partial charge on any atom is 0.295 e. The summed E-state index contributed by atoms with van der Waals surface area (Å²) in [6, 6.07) is 11.3. The third-order valence-electron chi connectivity index (χ3n) is 7.83. The van der Waals surface area contributed by atoms with Crippen LogP contribution in [0, 0.1) is 10.1 Å². The first-order valence-corrected chi connectivity index (χ1v) is 15.5. The molecule has 1 aliphatic rings. The van der Waals surface area contributed by atoms with E-state index in [9.17, 15) is 24.8 Å². The van der Waals surface area contributed by atoms with Crippen molar-refractivity contribution in [3.8, 4) is 0 Å². The highest BCUT2D eigenvalue weighted by molar-refractivity contribution is 6.46. The minimum atomic E-state index is -0.826. The van der Waals surface area contributed by atoms with Crippen molar-refractivity contribution in [3.05, 3.63) is 80.4 Å². The zero-order valence-electron chi connectivity index (χ0n) is 24.2. The maximum atomic E-state index is 13.2. The summed E-state index contributed by atoms with van der Waals surface area (Å²) in [5.74, 6) is -1.71. The van der Waals surface area contributed by atoms with Crippen molar-refractivity contribution in [1.82, 2.24) is 4.90 Å². The van der Waals surface area contributed by atoms with Crippen molar-refractivity contribution in [3.63, 3.8) is 0 Å². The quantitative estimate of drug-likeness (QED) is 0.0471. The Bertz CT molecular complexity index is 1180. The van der Waals surface area contributed by atoms with E-state index in [0.29, 0.717) is 22.7 Å². The number of nitro benzene ring substituents is 1. The Hall–Kier alpha value is -3.19. The van der Waals surface area contributed by atoms with Gasteiger partial charge in [-0.25, -0.2) is 0 Å². The minimum absolute atomic E-state index is 0.0171. The Morgan fingerprint density at radius 2 is 1.29 bits per heavy atom. The number of ketones is 1. The first kappa shape index (κ1) is 32.3. The van der Waals surface area contributed by atoms with Gasteiger partial charge in [0, 0.05) is 29.3 Å². The number of aliphatic hydroxyl groups is 1. The summed E-state index contributed by atoms with van der Waals surface area (Å²) >= 11 is 5.98. The predicted molar refractivity (Wildman–Crippen MR) is 164 cm³/mol. The Balaban J connectivity index is 1.58. The second kappa shape index (κ2) is 16.9. The smallest absolute Gasteiger partial charge is 0.295 e. The first-order chi connectivity index (χ1) is 19.8. The topological polar surface area (TPSA) is 101 Å². The lowest BCUT2D eigenvalue weighted by Gasteiger charge is -2.25. The summed E-state index contributed by atoms with van der Waals surface area (Å²) in [7, 11) is 0. The number of rotatable bonds is 18. The third-order valence-corrected chi connectivity index (χ3v) is 8.08. The standard InChI is InChI=1S/C33H43ClN2O5/c1-2-3-4-5-6-7-8-9-10-11-12-13-14-15-24-35-30(25-18-22-28(23-19-25)36(40)41)29(32(38)33(35)39)31(37)26-16-20-27(34)21-17-26/h16-23,30,37H,2-15,24H2,1H3/t30-/m1/s1. The number of aliphatic hydroxyl groups excluding tert-OH is 1. The van der Waals surface area contributed by atoms with E-state index in [-0.39, 0.29) is 17.0 Å². The molecular formula is C33H43ClN2O5. The van der Waals surface area contributed by atoms with Gasteiger partial charge >= 0.3 is 0 Å². The van der Waals surface area contributed by atoms with Crippen LogP contribution in [0.25, 0.3) is 5.76 Å². The van der Waals surface area contributed by atoms with Crippen molar-refractivity contribution >= 4 is 34.7 Å². The van der Waals surface area contributed by atoms with E-state index in [4.69, 9.17) is 11.6 Å². The zero-order chi connectivity index (χ0) is 29.6. The van der Waals surface area contributed by atoms with Gasteiger partial charge in [0.1, 0.15) is 5.76 Å². The van der Waals surface area contributed by atoms with Gasteiger partial charge in [-0.15, -0.1) is 0 Å². The highest BCUT2D eigenvalue weighted by Crippen LogP contribution is 2.40. The van der Waals surface area contributed by atoms with E-state index in [2.05, 4.69) is 6.92 Å². The number of amides is 1. The molecule has 0 bridgehead atoms. The van der Waals surface area contributed by atoms with E-state index in [1.54, 1.807) is 36.4 Å². The summed E-state index contributed by atoms with van der Waals surface area (Å²) in [6.07, 6.45) is 17.0. The van der Waals surface area contributed by atoms with E-state index in [1.165, 1.54) is 81.2 Å². The molecule has 3 rings (SSSR count). The molecular weight excluding hydrogens is 540 g/mol. The summed E-state index contributed by atoms with van der Waals surface area (Å²) in [4.78, 5) is 38.5. The molecule has 0 saturated carbocycles. The molecule has 1 saturated heterocycles. The Labute approximate surface area is 248 Å². The summed E-state index contributed by atoms with van der Waals surface area (Å²) in [5, 5.41) is 22.8. The van der Waals surface area contributed by atoms with Crippen LogP contribution in [0.3, 0.4) is 0 Å². The van der Waals surface area contributed by atoms with Crippen LogP contribution < -0.4 is 0 Å². The van der Waals surface area contributed by atoms with Crippen LogP contribution in [0.15, 0.2) is 54.1 Å². The molecule has 1 fully saturated rings. The number of nitro groups is 1. The Kier molecular flexibility index (Phi) is 13.3. The number of hydrogen-bond donors (Lipinski definition) is 1. The van der Waals surface area contributed by atoms with Gasteiger partial charge in [-0.1, -0.05) is 102 Å². The molecule has 7 nitrogen and oxygen atoms in total. The van der Waals surface area contributed by atoms with Gasteiger partial charge in [-0.05, 0) is 48.4 Å². The van der Waals surface area contributed by atoms with Crippen molar-refractivity contribution in [2.24, 2.45) is 0 Å². The fourth-order valence-corrected chi connectivity index (χ4v) is 5.60. The lowest BCUT2D eigenvalue weighted by Crippen LogP contribution is -2.30. The van der Waals surface area contributed by atoms with Gasteiger partial charge in [0.2, 0.25) is 0 Å². The summed E-state index contributed by atoms with van der Waals surface area (Å²) < 4.78 is 0. The molecule has 8 heteroatoms. The average Bonchev–Trinajstić information content (AvgIpc) is 3.22. The number of nitrogens with zero attached hydrogens (tertiary/aromatic N) is 2. The highest BCUT2D eigenvalue weighted by Gasteiger charge is 2.45. The average molecular weight is 583 g/mol. The monoisotopic (exact) mass is 582 g/mol. The molecule has 1 atom stereocenters. The third kappa shape index (κ3) is 9.42. The molecule has 2 aromatic rings. The number of carbonyl (C=O) groups is 2. The second-order valence-electron chi connectivity index (χ2n) is 10.9. The van der Waals surface area contributed by atoms with Crippen molar-refractivity contribution in [2.75, 3.05) is 6.54 Å². The summed E-state index contributed by atoms with van der Waals surface area (Å²) in [5.41, 5.74) is 0.804. The molecule has 2 aromatic carbocycles. The first-order valence-electron chi connectivity index (χ1n) is 15.1. The SMILES string of the molecule is CCCCCCCCCCCCCCCCN1C(=O)C(=O)C(=C(O)c2ccc(Cl)cc2)[C@H]1c1ccc([N+](=O)[O-])cc1. The number of hydrogen-bond acceptors (Lipinski definition) is 5. The van der Waals surface area contributed by atoms with Gasteiger partial charge in [-0.3, -0.25) is 19.7 Å². The lowest BCUT2D eigenvalue weighted by atomic mass is 9.95. The van der Waals surface area contributed by atoms with Gasteiger partial charge in [-0.2, -0.15) is 0 Å². The minimum Gasteiger partial charge on any atom is -0.507 e. The van der Waals surface area contributed by atoms with E-state index >= 15 is 0 Å². The highest BCUT2D eigenvalue weighted by atomic mass is 35.5. The van der Waals surface area contributed by atoms with Crippen LogP contribution in [0.5, 0.6) is 0 Å². The molecule has 0 radical (unpaired) electrons. The molecule has 1 heterocycles. The Morgan fingerprint density at radius 3 is 1.78 bits per heavy atom. The number of Topliss-reactive ketones (excluding diaryl/α,β-unsaturated/α-hetero) is 1. The number of halogens is 1. The van der Waals surface area contributed by atoms with Gasteiger partial charge < -0.3 is 10.0 Å². The van der Waals surface area contributed by atoms with E-state index in [1.807, 2.05) is 0 Å². The van der Waals surface area contributed by atoms with Crippen LogP contribution in [0.4, 0.5) is 5.69 Å². The molecule has 222 valence electrons. The molecule has 0 aromatic heterocycles. The number of carbonyl (C=O) groups excluding carboxylic acids is 2. The molecule has 0 aliphatic carbocycles. The van der Waals surface area contributed by atoms with Gasteiger partial charge in [0.15, 0.2) is 0 Å². The number of benzene rings is 2. The molecule has 0 unspecified atom stereocenters. The zero-order valence-corrected chi connectivity index (χ0v) is 24.9. The van der Waals surface area contributed by atoms with E-state index < -0.39 is 22.7 Å². The molecule has 1 amide bonds. The van der Waals surface area contributed by atoms with Crippen molar-refractivity contribution in [2.45, 2.75) is 103 Å². The largest absolute Gasteiger partial charge is 0.507 e. The molecule has 41 heavy (non-hydrogen) atoms. The van der Waals surface area contributed by atoms with Crippen LogP contribution in [0.2, 0.25) is 5.02 Å². The number of non-ortho nitro benzene ring substituents is 1. The van der Waals surface area contributed by atoms with E-state index in [0.717, 1.165) is 25.7 Å². The van der Waals surface area contributed by atoms with Crippen LogP contribution >= 0.6 is 11.6 Å². The fourth-order valence-electron chi connectivity index (χ4n) is 5.48. The fraction of sp³-hybridized carbons (Fsp3) is 0.515. The van der Waals surface area contributed by atoms with Crippen LogP contribution in [0.1, 0.15) is 114 Å². The van der Waals surface area contributed by atoms with Crippen molar-refractivity contribution < 1.29 is 19.6 Å². The van der Waals surface area contributed by atoms with Crippen LogP contribution in [-0.2, 0) is 9.59 Å². The van der Waals surface area contributed by atoms with Crippen LogP contribution in [-0.4, -0.2) is 33.2 Å². The maximum absolute atomic E-state index is 13.2.